The van der Waals surface area contributed by atoms with E-state index in [-0.39, 0.29) is 18.3 Å². The van der Waals surface area contributed by atoms with Gasteiger partial charge in [-0.3, -0.25) is 4.79 Å². The zero-order chi connectivity index (χ0) is 14.5. The predicted molar refractivity (Wildman–Crippen MR) is 91.3 cm³/mol. The number of halogens is 1. The molecule has 3 N–H and O–H groups in total. The molecular weight excluding hydrogens is 306 g/mol. The first kappa shape index (κ1) is 17.5. The van der Waals surface area contributed by atoms with Gasteiger partial charge in [0.15, 0.2) is 5.13 Å². The Labute approximate surface area is 135 Å². The first-order valence-electron chi connectivity index (χ1n) is 6.69. The number of nitrogens with one attached hydrogen (secondary N) is 1. The lowest BCUT2D eigenvalue weighted by atomic mass is 10.1. The molecule has 0 saturated carbocycles. The number of hydrogen-bond donors (Lipinski definition) is 2. The fourth-order valence-electron chi connectivity index (χ4n) is 2.00. The van der Waals surface area contributed by atoms with Gasteiger partial charge in [-0.25, -0.2) is 4.98 Å². The van der Waals surface area contributed by atoms with Gasteiger partial charge in [0, 0.05) is 17.0 Å². The monoisotopic (exact) mass is 325 g/mol. The number of anilines is 2. The quantitative estimate of drug-likeness (QED) is 0.825. The maximum atomic E-state index is 11.9. The van der Waals surface area contributed by atoms with Gasteiger partial charge in [0.05, 0.1) is 5.69 Å². The van der Waals surface area contributed by atoms with Crippen LogP contribution in [0.25, 0.3) is 0 Å². The van der Waals surface area contributed by atoms with Crippen LogP contribution in [0.4, 0.5) is 10.8 Å². The number of nitrogen functional groups attached to an aromatic ring is 1. The molecule has 21 heavy (non-hydrogen) atoms. The number of hydrogen-bond acceptors (Lipinski definition) is 4. The topological polar surface area (TPSA) is 68.0 Å². The van der Waals surface area contributed by atoms with Crippen LogP contribution in [-0.2, 0) is 17.6 Å². The van der Waals surface area contributed by atoms with Gasteiger partial charge in [-0.1, -0.05) is 25.1 Å². The van der Waals surface area contributed by atoms with E-state index in [0.29, 0.717) is 18.0 Å². The summed E-state index contributed by atoms with van der Waals surface area (Å²) < 4.78 is 0. The molecule has 0 saturated heterocycles. The number of para-hydroxylation sites is 1. The van der Waals surface area contributed by atoms with Gasteiger partial charge in [0.25, 0.3) is 0 Å². The molecule has 2 rings (SSSR count). The number of thiazole rings is 1. The summed E-state index contributed by atoms with van der Waals surface area (Å²) in [6.45, 7) is 4.09. The average Bonchev–Trinajstić information content (AvgIpc) is 2.77. The van der Waals surface area contributed by atoms with Crippen molar-refractivity contribution in [3.8, 4) is 0 Å². The Hall–Kier alpha value is -1.59. The molecule has 4 nitrogen and oxygen atoms in total. The molecule has 6 heteroatoms. The van der Waals surface area contributed by atoms with E-state index in [1.165, 1.54) is 11.3 Å². The van der Waals surface area contributed by atoms with E-state index in [2.05, 4.69) is 17.2 Å². The van der Waals surface area contributed by atoms with Crippen LogP contribution in [0.5, 0.6) is 0 Å². The number of aromatic nitrogens is 1. The second kappa shape index (κ2) is 8.00. The highest BCUT2D eigenvalue weighted by Crippen LogP contribution is 2.22. The molecule has 0 radical (unpaired) electrons. The van der Waals surface area contributed by atoms with E-state index >= 15 is 0 Å². The van der Waals surface area contributed by atoms with Gasteiger partial charge in [0.2, 0.25) is 5.91 Å². The molecule has 0 unspecified atom stereocenters. The van der Waals surface area contributed by atoms with Crippen molar-refractivity contribution in [1.82, 2.24) is 4.98 Å². The standard InChI is InChI=1S/C15H19N3OS.ClH/c1-3-13-10(2)20-15(17-13)18-14(19)9-8-11-6-4-5-7-12(11)16;/h4-7H,3,8-9,16H2,1-2H3,(H,17,18,19);1H. The van der Waals surface area contributed by atoms with Crippen molar-refractivity contribution in [2.24, 2.45) is 0 Å². The van der Waals surface area contributed by atoms with Crippen molar-refractivity contribution in [3.05, 3.63) is 40.4 Å². The molecule has 0 spiro atoms. The van der Waals surface area contributed by atoms with Crippen LogP contribution in [0.2, 0.25) is 0 Å². The number of aryl methyl sites for hydroxylation is 3. The van der Waals surface area contributed by atoms with Crippen LogP contribution < -0.4 is 11.1 Å². The van der Waals surface area contributed by atoms with E-state index < -0.39 is 0 Å². The summed E-state index contributed by atoms with van der Waals surface area (Å²) in [4.78, 5) is 17.5. The van der Waals surface area contributed by atoms with Gasteiger partial charge in [-0.15, -0.1) is 23.7 Å². The first-order valence-corrected chi connectivity index (χ1v) is 7.51. The number of carbonyl (C=O) groups is 1. The van der Waals surface area contributed by atoms with Crippen LogP contribution in [0.1, 0.15) is 29.5 Å². The van der Waals surface area contributed by atoms with E-state index in [4.69, 9.17) is 5.73 Å². The van der Waals surface area contributed by atoms with Gasteiger partial charge in [0.1, 0.15) is 0 Å². The van der Waals surface area contributed by atoms with E-state index in [0.717, 1.165) is 28.2 Å². The van der Waals surface area contributed by atoms with Gasteiger partial charge < -0.3 is 11.1 Å². The van der Waals surface area contributed by atoms with Crippen molar-refractivity contribution < 1.29 is 4.79 Å². The molecule has 0 aliphatic rings. The number of amides is 1. The Balaban J connectivity index is 0.00000220. The van der Waals surface area contributed by atoms with E-state index in [9.17, 15) is 4.79 Å². The minimum atomic E-state index is -0.0235. The number of nitrogens with zero attached hydrogens (tertiary/aromatic N) is 1. The molecule has 1 aromatic heterocycles. The number of benzene rings is 1. The van der Waals surface area contributed by atoms with Crippen LogP contribution in [0.15, 0.2) is 24.3 Å². The van der Waals surface area contributed by atoms with Crippen LogP contribution >= 0.6 is 23.7 Å². The SMILES string of the molecule is CCc1nc(NC(=O)CCc2ccccc2N)sc1C.Cl. The third kappa shape index (κ3) is 4.72. The van der Waals surface area contributed by atoms with Gasteiger partial charge in [-0.2, -0.15) is 0 Å². The van der Waals surface area contributed by atoms with Gasteiger partial charge >= 0.3 is 0 Å². The average molecular weight is 326 g/mol. The Morgan fingerprint density at radius 2 is 2.10 bits per heavy atom. The zero-order valence-electron chi connectivity index (χ0n) is 12.2. The fourth-order valence-corrected chi connectivity index (χ4v) is 2.92. The number of carbonyl (C=O) groups excluding carboxylic acids is 1. The zero-order valence-corrected chi connectivity index (χ0v) is 13.8. The summed E-state index contributed by atoms with van der Waals surface area (Å²) in [5.74, 6) is -0.0235. The van der Waals surface area contributed by atoms with Crippen molar-refractivity contribution in [1.29, 1.82) is 0 Å². The Morgan fingerprint density at radius 3 is 2.71 bits per heavy atom. The Morgan fingerprint density at radius 1 is 1.38 bits per heavy atom. The molecule has 1 heterocycles. The van der Waals surface area contributed by atoms with E-state index in [1.54, 1.807) is 0 Å². The Kier molecular flexibility index (Phi) is 6.65. The summed E-state index contributed by atoms with van der Waals surface area (Å²) >= 11 is 1.52. The summed E-state index contributed by atoms with van der Waals surface area (Å²) in [5.41, 5.74) is 8.65. The predicted octanol–water partition coefficient (Wildman–Crippen LogP) is 3.59. The molecule has 0 aliphatic carbocycles. The summed E-state index contributed by atoms with van der Waals surface area (Å²) in [6.07, 6.45) is 1.94. The first-order chi connectivity index (χ1) is 9.60. The molecule has 114 valence electrons. The smallest absolute Gasteiger partial charge is 0.226 e. The van der Waals surface area contributed by atoms with E-state index in [1.807, 2.05) is 31.2 Å². The maximum Gasteiger partial charge on any atom is 0.226 e. The Bertz CT molecular complexity index is 613. The third-order valence-electron chi connectivity index (χ3n) is 3.15. The molecule has 1 aromatic carbocycles. The highest BCUT2D eigenvalue weighted by Gasteiger charge is 2.09. The summed E-state index contributed by atoms with van der Waals surface area (Å²) in [6, 6.07) is 7.63. The third-order valence-corrected chi connectivity index (χ3v) is 4.08. The van der Waals surface area contributed by atoms with Gasteiger partial charge in [-0.05, 0) is 31.4 Å². The van der Waals surface area contributed by atoms with Crippen molar-refractivity contribution in [3.63, 3.8) is 0 Å². The fraction of sp³-hybridized carbons (Fsp3) is 0.333. The van der Waals surface area contributed by atoms with Crippen molar-refractivity contribution in [2.45, 2.75) is 33.1 Å². The minimum absolute atomic E-state index is 0. The second-order valence-corrected chi connectivity index (χ2v) is 5.83. The molecule has 0 aliphatic heterocycles. The normalized spacial score (nSPS) is 10.0. The summed E-state index contributed by atoms with van der Waals surface area (Å²) in [7, 11) is 0. The molecule has 0 atom stereocenters. The number of rotatable bonds is 5. The van der Waals surface area contributed by atoms with Crippen LogP contribution in [-0.4, -0.2) is 10.9 Å². The van der Waals surface area contributed by atoms with Crippen LogP contribution in [0.3, 0.4) is 0 Å². The maximum absolute atomic E-state index is 11.9. The minimum Gasteiger partial charge on any atom is -0.399 e. The largest absolute Gasteiger partial charge is 0.399 e. The highest BCUT2D eigenvalue weighted by molar-refractivity contribution is 7.15. The van der Waals surface area contributed by atoms with Crippen molar-refractivity contribution in [2.75, 3.05) is 11.1 Å². The molecule has 1 amide bonds. The lowest BCUT2D eigenvalue weighted by Crippen LogP contribution is -2.12. The molecular formula is C15H20ClN3OS. The molecule has 2 aromatic rings. The lowest BCUT2D eigenvalue weighted by molar-refractivity contribution is -0.116. The highest BCUT2D eigenvalue weighted by atomic mass is 35.5. The second-order valence-electron chi connectivity index (χ2n) is 4.62. The lowest BCUT2D eigenvalue weighted by Gasteiger charge is -2.05. The van der Waals surface area contributed by atoms with Crippen LogP contribution in [0, 0.1) is 6.92 Å². The molecule has 0 bridgehead atoms. The van der Waals surface area contributed by atoms with Crippen molar-refractivity contribution >= 4 is 40.5 Å². The molecule has 0 fully saturated rings. The number of nitrogens with two attached hydrogens (primary N) is 1. The summed E-state index contributed by atoms with van der Waals surface area (Å²) in [5, 5.41) is 3.54.